The number of aromatic nitrogens is 1. The molecule has 1 atom stereocenters. The maximum atomic E-state index is 5.88. The molecule has 100 valence electrons. The van der Waals surface area contributed by atoms with Crippen LogP contribution in [0.3, 0.4) is 0 Å². The van der Waals surface area contributed by atoms with Crippen LogP contribution < -0.4 is 10.2 Å². The van der Waals surface area contributed by atoms with Gasteiger partial charge >= 0.3 is 0 Å². The fourth-order valence-corrected chi connectivity index (χ4v) is 3.35. The number of hydroxylamine groups is 1. The molecule has 5 heteroatoms. The van der Waals surface area contributed by atoms with Crippen molar-refractivity contribution in [3.63, 3.8) is 0 Å². The molecule has 3 saturated heterocycles. The summed E-state index contributed by atoms with van der Waals surface area (Å²) in [6.45, 7) is 3.36. The van der Waals surface area contributed by atoms with Gasteiger partial charge in [0.05, 0.1) is 0 Å². The molecule has 5 nitrogen and oxygen atoms in total. The van der Waals surface area contributed by atoms with Gasteiger partial charge in [-0.2, -0.15) is 0 Å². The number of ether oxygens (including phenoxy) is 1. The van der Waals surface area contributed by atoms with Gasteiger partial charge in [-0.25, -0.2) is 5.48 Å². The number of hydrogen-bond acceptors (Lipinski definition) is 5. The number of fused-ring (bicyclic) bond motifs is 2. The highest BCUT2D eigenvalue weighted by Gasteiger charge is 2.50. The van der Waals surface area contributed by atoms with Gasteiger partial charge in [-0.05, 0) is 44.0 Å². The standard InChI is InChI=1S/C14H17N3O2/c1-5-15-6-2-12(1)18-13-9-14(19-16-13)10-17-7-3-11(14)4-8-17/h1-2,5-6,9,11,16H,3-4,7-8,10H2. The lowest BCUT2D eigenvalue weighted by Crippen LogP contribution is -2.58. The van der Waals surface area contributed by atoms with Gasteiger partial charge in [0.25, 0.3) is 0 Å². The van der Waals surface area contributed by atoms with Crippen molar-refractivity contribution in [2.75, 3.05) is 19.6 Å². The van der Waals surface area contributed by atoms with E-state index in [1.54, 1.807) is 12.4 Å². The minimum absolute atomic E-state index is 0.196. The monoisotopic (exact) mass is 259 g/mol. The van der Waals surface area contributed by atoms with E-state index in [2.05, 4.69) is 21.4 Å². The molecule has 3 fully saturated rings. The first-order valence-corrected chi connectivity index (χ1v) is 6.81. The predicted molar refractivity (Wildman–Crippen MR) is 69.1 cm³/mol. The Hall–Kier alpha value is -1.59. The van der Waals surface area contributed by atoms with E-state index in [1.807, 2.05) is 12.1 Å². The van der Waals surface area contributed by atoms with E-state index in [9.17, 15) is 0 Å². The van der Waals surface area contributed by atoms with Crippen molar-refractivity contribution in [2.24, 2.45) is 5.92 Å². The van der Waals surface area contributed by atoms with Crippen LogP contribution in [0.4, 0.5) is 0 Å². The third-order valence-electron chi connectivity index (χ3n) is 4.34. The lowest BCUT2D eigenvalue weighted by molar-refractivity contribution is -0.141. The van der Waals surface area contributed by atoms with Crippen molar-refractivity contribution in [2.45, 2.75) is 18.4 Å². The van der Waals surface area contributed by atoms with Crippen LogP contribution in [-0.4, -0.2) is 35.1 Å². The molecule has 19 heavy (non-hydrogen) atoms. The second kappa shape index (κ2) is 4.21. The fraction of sp³-hybridized carbons (Fsp3) is 0.500. The molecule has 4 aliphatic rings. The first kappa shape index (κ1) is 11.3. The van der Waals surface area contributed by atoms with Crippen molar-refractivity contribution in [1.82, 2.24) is 15.4 Å². The first-order valence-electron chi connectivity index (χ1n) is 6.81. The molecule has 0 amide bonds. The average molecular weight is 259 g/mol. The van der Waals surface area contributed by atoms with E-state index in [4.69, 9.17) is 9.57 Å². The Morgan fingerprint density at radius 3 is 2.79 bits per heavy atom. The van der Waals surface area contributed by atoms with Crippen molar-refractivity contribution >= 4 is 0 Å². The highest BCUT2D eigenvalue weighted by Crippen LogP contribution is 2.41. The maximum absolute atomic E-state index is 5.88. The molecule has 1 aromatic rings. The third kappa shape index (κ3) is 1.89. The zero-order chi connectivity index (χ0) is 12.7. The summed E-state index contributed by atoms with van der Waals surface area (Å²) in [6.07, 6.45) is 7.97. The van der Waals surface area contributed by atoms with Gasteiger partial charge in [-0.1, -0.05) is 0 Å². The van der Waals surface area contributed by atoms with Crippen LogP contribution in [0.15, 0.2) is 36.5 Å². The van der Waals surface area contributed by atoms with Gasteiger partial charge < -0.3 is 4.74 Å². The average Bonchev–Trinajstić information content (AvgIpc) is 2.84. The zero-order valence-electron chi connectivity index (χ0n) is 10.7. The van der Waals surface area contributed by atoms with Crippen LogP contribution in [0.1, 0.15) is 12.8 Å². The molecule has 5 heterocycles. The highest BCUT2D eigenvalue weighted by molar-refractivity contribution is 5.23. The maximum Gasteiger partial charge on any atom is 0.216 e. The van der Waals surface area contributed by atoms with E-state index in [-0.39, 0.29) is 5.60 Å². The topological polar surface area (TPSA) is 46.6 Å². The molecule has 0 saturated carbocycles. The second-order valence-electron chi connectivity index (χ2n) is 5.50. The molecule has 0 radical (unpaired) electrons. The predicted octanol–water partition coefficient (Wildman–Crippen LogP) is 1.30. The van der Waals surface area contributed by atoms with E-state index >= 15 is 0 Å². The van der Waals surface area contributed by atoms with Gasteiger partial charge in [-0.15, -0.1) is 0 Å². The summed E-state index contributed by atoms with van der Waals surface area (Å²) in [5.74, 6) is 2.07. The summed E-state index contributed by atoms with van der Waals surface area (Å²) in [4.78, 5) is 12.3. The normalized spacial score (nSPS) is 36.1. The van der Waals surface area contributed by atoms with E-state index in [0.717, 1.165) is 12.3 Å². The number of nitrogens with one attached hydrogen (secondary N) is 1. The van der Waals surface area contributed by atoms with Crippen molar-refractivity contribution in [3.8, 4) is 5.75 Å². The minimum atomic E-state index is -0.196. The van der Waals surface area contributed by atoms with Gasteiger partial charge in [0, 0.05) is 25.0 Å². The molecule has 1 unspecified atom stereocenters. The molecule has 5 rings (SSSR count). The smallest absolute Gasteiger partial charge is 0.216 e. The van der Waals surface area contributed by atoms with Crippen LogP contribution in [0.5, 0.6) is 5.75 Å². The quantitative estimate of drug-likeness (QED) is 0.867. The van der Waals surface area contributed by atoms with Gasteiger partial charge in [0.2, 0.25) is 5.88 Å². The third-order valence-corrected chi connectivity index (χ3v) is 4.34. The Labute approximate surface area is 112 Å². The van der Waals surface area contributed by atoms with Crippen LogP contribution >= 0.6 is 0 Å². The van der Waals surface area contributed by atoms with Gasteiger partial charge in [0.15, 0.2) is 0 Å². The molecule has 2 bridgehead atoms. The largest absolute Gasteiger partial charge is 0.439 e. The fourth-order valence-electron chi connectivity index (χ4n) is 3.35. The van der Waals surface area contributed by atoms with Gasteiger partial charge in [-0.3, -0.25) is 14.7 Å². The van der Waals surface area contributed by atoms with Crippen LogP contribution in [0, 0.1) is 5.92 Å². The molecule has 1 aromatic heterocycles. The summed E-state index contributed by atoms with van der Waals surface area (Å²) < 4.78 is 5.78. The molecule has 0 aromatic carbocycles. The van der Waals surface area contributed by atoms with Gasteiger partial charge in [0.1, 0.15) is 11.4 Å². The molecule has 1 N–H and O–H groups in total. The van der Waals surface area contributed by atoms with Crippen LogP contribution in [0.2, 0.25) is 0 Å². The first-order chi connectivity index (χ1) is 9.34. The van der Waals surface area contributed by atoms with Crippen molar-refractivity contribution < 1.29 is 9.57 Å². The Morgan fingerprint density at radius 1 is 1.32 bits per heavy atom. The van der Waals surface area contributed by atoms with Crippen LogP contribution in [0.25, 0.3) is 0 Å². The lowest BCUT2D eigenvalue weighted by atomic mass is 9.75. The molecule has 1 spiro atoms. The summed E-state index contributed by atoms with van der Waals surface area (Å²) >= 11 is 0. The van der Waals surface area contributed by atoms with E-state index < -0.39 is 0 Å². The van der Waals surface area contributed by atoms with E-state index in [0.29, 0.717) is 11.8 Å². The lowest BCUT2D eigenvalue weighted by Gasteiger charge is -2.48. The summed E-state index contributed by atoms with van der Waals surface area (Å²) in [5.41, 5.74) is 2.75. The van der Waals surface area contributed by atoms with E-state index in [1.165, 1.54) is 25.9 Å². The second-order valence-corrected chi connectivity index (χ2v) is 5.50. The summed E-state index contributed by atoms with van der Waals surface area (Å²) in [7, 11) is 0. The molecule has 4 aliphatic heterocycles. The Kier molecular flexibility index (Phi) is 2.50. The SMILES string of the molecule is C1=C(Oc2ccncc2)NOC12CN1CCC2CC1. The Bertz CT molecular complexity index is 497. The number of hydrogen-bond donors (Lipinski definition) is 1. The molecular weight excluding hydrogens is 242 g/mol. The number of pyridine rings is 1. The minimum Gasteiger partial charge on any atom is -0.439 e. The number of nitrogens with zero attached hydrogens (tertiary/aromatic N) is 2. The zero-order valence-corrected chi connectivity index (χ0v) is 10.7. The Balaban J connectivity index is 1.55. The van der Waals surface area contributed by atoms with Crippen molar-refractivity contribution in [1.29, 1.82) is 0 Å². The van der Waals surface area contributed by atoms with Crippen molar-refractivity contribution in [3.05, 3.63) is 36.5 Å². The number of rotatable bonds is 2. The molecular formula is C14H17N3O2. The molecule has 0 aliphatic carbocycles. The Morgan fingerprint density at radius 2 is 2.11 bits per heavy atom. The number of piperidine rings is 3. The summed E-state index contributed by atoms with van der Waals surface area (Å²) in [6, 6.07) is 3.67. The summed E-state index contributed by atoms with van der Waals surface area (Å²) in [5, 5.41) is 0. The highest BCUT2D eigenvalue weighted by atomic mass is 16.7. The van der Waals surface area contributed by atoms with Crippen LogP contribution in [-0.2, 0) is 4.84 Å².